The number of rotatable bonds is 3. The number of halogens is 2. The molecular weight excluding hydrogens is 399 g/mol. The predicted octanol–water partition coefficient (Wildman–Crippen LogP) is 3.78. The maximum absolute atomic E-state index is 6.20. The number of nitrogens with two attached hydrogens (primary N) is 1. The lowest BCUT2D eigenvalue weighted by Gasteiger charge is -2.08. The van der Waals surface area contributed by atoms with E-state index in [1.54, 1.807) is 0 Å². The topological polar surface area (TPSA) is 67.6 Å². The van der Waals surface area contributed by atoms with Crippen LogP contribution in [0.15, 0.2) is 48.5 Å². The third kappa shape index (κ3) is 3.25. The highest BCUT2D eigenvalue weighted by Crippen LogP contribution is 2.22. The fourth-order valence-corrected chi connectivity index (χ4v) is 2.46. The molecule has 0 fully saturated rings. The standard InChI is InChI=1S/C15H12ClIN4/c16-11-5-1-9(2-6-11)13(18)15-19-14(20-21-15)10-3-7-12(17)8-4-10/h1-8,13H,18H2,(H,19,20,21)/t13-/m1/s1. The fourth-order valence-electron chi connectivity index (χ4n) is 1.97. The SMILES string of the molecule is N[C@H](c1ccc(Cl)cc1)c1nc(-c2ccc(I)cc2)n[nH]1. The van der Waals surface area contributed by atoms with Crippen molar-refractivity contribution in [3.63, 3.8) is 0 Å². The van der Waals surface area contributed by atoms with Crippen molar-refractivity contribution >= 4 is 34.2 Å². The summed E-state index contributed by atoms with van der Waals surface area (Å²) >= 11 is 8.14. The molecule has 106 valence electrons. The molecule has 4 nitrogen and oxygen atoms in total. The van der Waals surface area contributed by atoms with E-state index < -0.39 is 0 Å². The molecule has 3 N–H and O–H groups in total. The molecule has 0 aliphatic heterocycles. The second-order valence-corrected chi connectivity index (χ2v) is 6.26. The molecular formula is C15H12ClIN4. The first-order chi connectivity index (χ1) is 10.1. The van der Waals surface area contributed by atoms with Gasteiger partial charge in [0.15, 0.2) is 5.82 Å². The van der Waals surface area contributed by atoms with E-state index in [1.807, 2.05) is 48.5 Å². The summed E-state index contributed by atoms with van der Waals surface area (Å²) in [5.74, 6) is 1.27. The fraction of sp³-hybridized carbons (Fsp3) is 0.0667. The van der Waals surface area contributed by atoms with Crippen molar-refractivity contribution in [2.24, 2.45) is 5.73 Å². The number of H-pyrrole nitrogens is 1. The van der Waals surface area contributed by atoms with Crippen molar-refractivity contribution in [2.75, 3.05) is 0 Å². The van der Waals surface area contributed by atoms with Crippen LogP contribution in [0.5, 0.6) is 0 Å². The Balaban J connectivity index is 1.87. The molecule has 0 saturated heterocycles. The Morgan fingerprint density at radius 2 is 1.71 bits per heavy atom. The van der Waals surface area contributed by atoms with E-state index in [0.29, 0.717) is 16.7 Å². The molecule has 0 aliphatic carbocycles. The summed E-state index contributed by atoms with van der Waals surface area (Å²) in [6, 6.07) is 15.1. The molecule has 0 amide bonds. The molecule has 0 aliphatic rings. The first-order valence-electron chi connectivity index (χ1n) is 6.33. The average Bonchev–Trinajstić information content (AvgIpc) is 2.98. The van der Waals surface area contributed by atoms with E-state index in [-0.39, 0.29) is 6.04 Å². The van der Waals surface area contributed by atoms with Crippen molar-refractivity contribution in [1.82, 2.24) is 15.2 Å². The first-order valence-corrected chi connectivity index (χ1v) is 7.78. The zero-order chi connectivity index (χ0) is 14.8. The van der Waals surface area contributed by atoms with Gasteiger partial charge in [0.25, 0.3) is 0 Å². The minimum Gasteiger partial charge on any atom is -0.318 e. The summed E-state index contributed by atoms with van der Waals surface area (Å²) < 4.78 is 1.17. The molecule has 0 spiro atoms. The van der Waals surface area contributed by atoms with Gasteiger partial charge in [0.1, 0.15) is 5.82 Å². The highest BCUT2D eigenvalue weighted by atomic mass is 127. The van der Waals surface area contributed by atoms with E-state index in [0.717, 1.165) is 11.1 Å². The van der Waals surface area contributed by atoms with Crippen LogP contribution >= 0.6 is 34.2 Å². The number of aromatic nitrogens is 3. The zero-order valence-electron chi connectivity index (χ0n) is 10.9. The summed E-state index contributed by atoms with van der Waals surface area (Å²) in [5.41, 5.74) is 8.10. The molecule has 0 bridgehead atoms. The molecule has 3 aromatic rings. The van der Waals surface area contributed by atoms with Gasteiger partial charge >= 0.3 is 0 Å². The van der Waals surface area contributed by atoms with Crippen LogP contribution in [0.1, 0.15) is 17.4 Å². The molecule has 2 aromatic carbocycles. The molecule has 1 heterocycles. The van der Waals surface area contributed by atoms with Gasteiger partial charge in [-0.1, -0.05) is 35.9 Å². The monoisotopic (exact) mass is 410 g/mol. The normalized spacial score (nSPS) is 12.3. The first kappa shape index (κ1) is 14.5. The van der Waals surface area contributed by atoms with E-state index in [9.17, 15) is 0 Å². The van der Waals surface area contributed by atoms with Crippen LogP contribution in [0, 0.1) is 3.57 Å². The lowest BCUT2D eigenvalue weighted by Crippen LogP contribution is -2.13. The van der Waals surface area contributed by atoms with E-state index in [1.165, 1.54) is 3.57 Å². The van der Waals surface area contributed by atoms with Gasteiger partial charge in [0, 0.05) is 14.2 Å². The number of aromatic amines is 1. The molecule has 3 rings (SSSR count). The van der Waals surface area contributed by atoms with Crippen LogP contribution in [-0.2, 0) is 0 Å². The second-order valence-electron chi connectivity index (χ2n) is 4.58. The third-order valence-corrected chi connectivity index (χ3v) is 4.10. The van der Waals surface area contributed by atoms with Crippen molar-refractivity contribution in [3.8, 4) is 11.4 Å². The minimum atomic E-state index is -0.354. The smallest absolute Gasteiger partial charge is 0.181 e. The summed E-state index contributed by atoms with van der Waals surface area (Å²) in [7, 11) is 0. The van der Waals surface area contributed by atoms with Crippen molar-refractivity contribution < 1.29 is 0 Å². The largest absolute Gasteiger partial charge is 0.318 e. The number of nitrogens with zero attached hydrogens (tertiary/aromatic N) is 2. The molecule has 1 atom stereocenters. The predicted molar refractivity (Wildman–Crippen MR) is 92.0 cm³/mol. The molecule has 0 radical (unpaired) electrons. The Morgan fingerprint density at radius 1 is 1.05 bits per heavy atom. The van der Waals surface area contributed by atoms with Crippen molar-refractivity contribution in [3.05, 3.63) is 68.5 Å². The molecule has 6 heteroatoms. The summed E-state index contributed by atoms with van der Waals surface area (Å²) in [6.45, 7) is 0. The summed E-state index contributed by atoms with van der Waals surface area (Å²) in [5, 5.41) is 7.83. The highest BCUT2D eigenvalue weighted by Gasteiger charge is 2.14. The van der Waals surface area contributed by atoms with Crippen molar-refractivity contribution in [2.45, 2.75) is 6.04 Å². The van der Waals surface area contributed by atoms with Gasteiger partial charge in [-0.3, -0.25) is 5.10 Å². The van der Waals surface area contributed by atoms with E-state index in [2.05, 4.69) is 37.8 Å². The van der Waals surface area contributed by atoms with Crippen LogP contribution < -0.4 is 5.73 Å². The van der Waals surface area contributed by atoms with E-state index >= 15 is 0 Å². The summed E-state index contributed by atoms with van der Waals surface area (Å²) in [6.07, 6.45) is 0. The van der Waals surface area contributed by atoms with Crippen LogP contribution in [0.3, 0.4) is 0 Å². The quantitative estimate of drug-likeness (QED) is 0.646. The third-order valence-electron chi connectivity index (χ3n) is 3.13. The van der Waals surface area contributed by atoms with Gasteiger partial charge in [-0.15, -0.1) is 0 Å². The van der Waals surface area contributed by atoms with Gasteiger partial charge < -0.3 is 5.73 Å². The summed E-state index contributed by atoms with van der Waals surface area (Å²) in [4.78, 5) is 4.48. The Bertz CT molecular complexity index is 737. The van der Waals surface area contributed by atoms with Gasteiger partial charge in [-0.05, 0) is 52.4 Å². The maximum atomic E-state index is 6.20. The van der Waals surface area contributed by atoms with Crippen LogP contribution in [-0.4, -0.2) is 15.2 Å². The molecule has 0 saturated carbocycles. The lowest BCUT2D eigenvalue weighted by atomic mass is 10.1. The van der Waals surface area contributed by atoms with Gasteiger partial charge in [-0.2, -0.15) is 5.10 Å². The zero-order valence-corrected chi connectivity index (χ0v) is 13.8. The molecule has 1 aromatic heterocycles. The van der Waals surface area contributed by atoms with Gasteiger partial charge in [-0.25, -0.2) is 4.98 Å². The van der Waals surface area contributed by atoms with Crippen molar-refractivity contribution in [1.29, 1.82) is 0 Å². The number of hydrogen-bond donors (Lipinski definition) is 2. The van der Waals surface area contributed by atoms with Crippen LogP contribution in [0.2, 0.25) is 5.02 Å². The van der Waals surface area contributed by atoms with Crippen LogP contribution in [0.4, 0.5) is 0 Å². The molecule has 21 heavy (non-hydrogen) atoms. The van der Waals surface area contributed by atoms with Gasteiger partial charge in [0.05, 0.1) is 6.04 Å². The number of nitrogens with one attached hydrogen (secondary N) is 1. The average molecular weight is 411 g/mol. The van der Waals surface area contributed by atoms with Crippen LogP contribution in [0.25, 0.3) is 11.4 Å². The number of benzene rings is 2. The molecule has 0 unspecified atom stereocenters. The van der Waals surface area contributed by atoms with Gasteiger partial charge in [0.2, 0.25) is 0 Å². The Hall–Kier alpha value is -1.44. The second kappa shape index (κ2) is 6.13. The Labute approximate surface area is 140 Å². The number of hydrogen-bond acceptors (Lipinski definition) is 3. The Kier molecular flexibility index (Phi) is 4.23. The highest BCUT2D eigenvalue weighted by molar-refractivity contribution is 14.1. The minimum absolute atomic E-state index is 0.354. The lowest BCUT2D eigenvalue weighted by molar-refractivity contribution is 0.787. The van der Waals surface area contributed by atoms with E-state index in [4.69, 9.17) is 17.3 Å². The Morgan fingerprint density at radius 3 is 2.38 bits per heavy atom. The maximum Gasteiger partial charge on any atom is 0.181 e.